The molecule has 46 heavy (non-hydrogen) atoms. The maximum atomic E-state index is 11.9. The topological polar surface area (TPSA) is 101 Å². The fraction of sp³-hybridized carbons (Fsp3) is 0.730. The summed E-state index contributed by atoms with van der Waals surface area (Å²) in [6, 6.07) is 8.60. The second kappa shape index (κ2) is 22.1. The van der Waals surface area contributed by atoms with Crippen molar-refractivity contribution in [3.05, 3.63) is 54.6 Å². The average Bonchev–Trinajstić information content (AvgIpc) is 3.76. The van der Waals surface area contributed by atoms with Crippen LogP contribution in [0.1, 0.15) is 93.9 Å². The quantitative estimate of drug-likeness (QED) is 0.298. The fourth-order valence-electron chi connectivity index (χ4n) is 5.41. The van der Waals surface area contributed by atoms with Gasteiger partial charge in [-0.25, -0.2) is 8.42 Å². The van der Waals surface area contributed by atoms with Crippen LogP contribution >= 0.6 is 0 Å². The van der Waals surface area contributed by atoms with Crippen LogP contribution in [0.5, 0.6) is 0 Å². The first-order chi connectivity index (χ1) is 21.8. The molecule has 4 aliphatic rings. The van der Waals surface area contributed by atoms with Crippen LogP contribution in [0.25, 0.3) is 0 Å². The van der Waals surface area contributed by atoms with E-state index in [9.17, 15) is 8.42 Å². The molecule has 0 amide bonds. The van der Waals surface area contributed by atoms with Crippen molar-refractivity contribution in [1.29, 1.82) is 0 Å². The molecule has 0 bridgehead atoms. The van der Waals surface area contributed by atoms with Crippen molar-refractivity contribution >= 4 is 9.84 Å². The predicted octanol–water partition coefficient (Wildman–Crippen LogP) is 7.55. The van der Waals surface area contributed by atoms with Crippen molar-refractivity contribution in [2.24, 2.45) is 11.8 Å². The van der Waals surface area contributed by atoms with Crippen molar-refractivity contribution < 1.29 is 37.2 Å². The molecule has 9 heteroatoms. The molecule has 0 saturated carbocycles. The number of ether oxygens (including phenoxy) is 5. The molecule has 1 N–H and O–H groups in total. The lowest BCUT2D eigenvalue weighted by molar-refractivity contribution is -0.136. The van der Waals surface area contributed by atoms with E-state index in [1.54, 1.807) is 24.3 Å². The molecule has 1 aromatic rings. The summed E-state index contributed by atoms with van der Waals surface area (Å²) in [5.41, 5.74) is 2.47. The smallest absolute Gasteiger partial charge is 0.178 e. The highest BCUT2D eigenvalue weighted by Gasteiger charge is 2.29. The van der Waals surface area contributed by atoms with E-state index in [2.05, 4.69) is 33.9 Å². The Kier molecular flexibility index (Phi) is 20.4. The Balaban J connectivity index is 0.000000309. The fourth-order valence-corrected chi connectivity index (χ4v) is 7.06. The van der Waals surface area contributed by atoms with Gasteiger partial charge in [0.2, 0.25) is 0 Å². The highest BCUT2D eigenvalue weighted by atomic mass is 32.2. The Bertz CT molecular complexity index is 1070. The third-order valence-electron chi connectivity index (χ3n) is 8.16. The van der Waals surface area contributed by atoms with Gasteiger partial charge >= 0.3 is 0 Å². The highest BCUT2D eigenvalue weighted by Crippen LogP contribution is 2.29. The Morgan fingerprint density at radius 2 is 1.67 bits per heavy atom. The third-order valence-corrected chi connectivity index (χ3v) is 10.1. The van der Waals surface area contributed by atoms with Gasteiger partial charge in [0.1, 0.15) is 0 Å². The van der Waals surface area contributed by atoms with E-state index < -0.39 is 9.84 Å². The van der Waals surface area contributed by atoms with Crippen molar-refractivity contribution in [1.82, 2.24) is 0 Å². The van der Waals surface area contributed by atoms with Crippen molar-refractivity contribution in [2.45, 2.75) is 129 Å². The summed E-state index contributed by atoms with van der Waals surface area (Å²) >= 11 is 0. The first kappa shape index (κ1) is 42.4. The molecular weight excluding hydrogens is 604 g/mol. The minimum atomic E-state index is -3.12. The Morgan fingerprint density at radius 1 is 1.00 bits per heavy atom. The standard InChI is InChI=1S/C11H14O3S.C10H18O2.C8H14O.C6H12O2.C2H6/c12-15(13,9-10-6-7-14-8-10)11-4-2-1-3-5-11;1-3-10-8(2)7-9(12-10)5-4-6-11;1-6-4-5-9-8(3)7(6)2;1-5-4-7-6(2,3)8-5;1-2/h1-5,10H,6-9H2;9-11H,2-7H2,1H3;6,8H,2,4-5H2,1,3H3;5H,4H2,1-3H3;1-2H3/t;9?,10-;6-,8?;;/m.01../s1. The van der Waals surface area contributed by atoms with Crippen molar-refractivity contribution in [3.63, 3.8) is 0 Å². The minimum Gasteiger partial charge on any atom is -0.396 e. The number of hydrogen-bond donors (Lipinski definition) is 1. The average molecular weight is 669 g/mol. The molecule has 1 aromatic carbocycles. The molecule has 266 valence electrons. The van der Waals surface area contributed by atoms with Crippen LogP contribution in [0.3, 0.4) is 0 Å². The van der Waals surface area contributed by atoms with Gasteiger partial charge in [-0.05, 0) is 101 Å². The van der Waals surface area contributed by atoms with E-state index in [0.29, 0.717) is 30.1 Å². The van der Waals surface area contributed by atoms with Gasteiger partial charge in [-0.3, -0.25) is 0 Å². The Morgan fingerprint density at radius 3 is 2.11 bits per heavy atom. The van der Waals surface area contributed by atoms with Crippen LogP contribution in [-0.2, 0) is 33.5 Å². The van der Waals surface area contributed by atoms with Crippen molar-refractivity contribution in [3.8, 4) is 0 Å². The molecule has 6 atom stereocenters. The molecule has 8 nitrogen and oxygen atoms in total. The van der Waals surface area contributed by atoms with E-state index in [-0.39, 0.29) is 42.4 Å². The number of sulfone groups is 1. The minimum absolute atomic E-state index is 0.162. The summed E-state index contributed by atoms with van der Waals surface area (Å²) in [6.07, 6.45) is 6.95. The van der Waals surface area contributed by atoms with Crippen molar-refractivity contribution in [2.75, 3.05) is 38.8 Å². The van der Waals surface area contributed by atoms with Crippen LogP contribution in [-0.4, -0.2) is 82.5 Å². The molecule has 4 aliphatic heterocycles. The molecule has 4 saturated heterocycles. The first-order valence-corrected chi connectivity index (χ1v) is 18.8. The zero-order chi connectivity index (χ0) is 34.8. The number of hydrogen-bond acceptors (Lipinski definition) is 8. The van der Waals surface area contributed by atoms with E-state index >= 15 is 0 Å². The molecule has 0 aromatic heterocycles. The maximum absolute atomic E-state index is 11.9. The largest absolute Gasteiger partial charge is 0.396 e. The van der Waals surface area contributed by atoms with Gasteiger partial charge in [-0.15, -0.1) is 0 Å². The molecule has 0 spiro atoms. The van der Waals surface area contributed by atoms with Gasteiger partial charge in [0, 0.05) is 19.8 Å². The number of rotatable bonds is 7. The zero-order valence-electron chi connectivity index (χ0n) is 30.0. The lowest BCUT2D eigenvalue weighted by atomic mass is 9.93. The van der Waals surface area contributed by atoms with Crippen LogP contribution < -0.4 is 0 Å². The van der Waals surface area contributed by atoms with E-state index in [1.807, 2.05) is 40.7 Å². The van der Waals surface area contributed by atoms with Gasteiger partial charge < -0.3 is 28.8 Å². The SMILES string of the molecule is C=C1C(C)OCC[C@H]1C.C=C1CC(CCCO)O[C@H]1CC.CC.CC1COC(C)(C)O1.O=S(=O)(CC1CCOC1)c1ccccc1. The number of benzene rings is 1. The lowest BCUT2D eigenvalue weighted by Crippen LogP contribution is -2.23. The summed E-state index contributed by atoms with van der Waals surface area (Å²) in [5.74, 6) is 0.695. The zero-order valence-corrected chi connectivity index (χ0v) is 30.8. The van der Waals surface area contributed by atoms with Gasteiger partial charge in [-0.2, -0.15) is 0 Å². The summed E-state index contributed by atoms with van der Waals surface area (Å²) in [6.45, 7) is 27.3. The normalized spacial score (nSPS) is 28.4. The summed E-state index contributed by atoms with van der Waals surface area (Å²) < 4.78 is 50.7. The van der Waals surface area contributed by atoms with Crippen LogP contribution in [0, 0.1) is 11.8 Å². The molecule has 4 heterocycles. The van der Waals surface area contributed by atoms with Gasteiger partial charge in [-0.1, -0.05) is 59.1 Å². The molecule has 5 rings (SSSR count). The summed E-state index contributed by atoms with van der Waals surface area (Å²) in [5, 5.41) is 8.64. The lowest BCUT2D eigenvalue weighted by Gasteiger charge is -2.27. The molecule has 0 aliphatic carbocycles. The highest BCUT2D eigenvalue weighted by molar-refractivity contribution is 7.91. The van der Waals surface area contributed by atoms with Gasteiger partial charge in [0.05, 0.1) is 48.3 Å². The van der Waals surface area contributed by atoms with Gasteiger partial charge in [0.25, 0.3) is 0 Å². The van der Waals surface area contributed by atoms with E-state index in [1.165, 1.54) is 11.1 Å². The van der Waals surface area contributed by atoms with E-state index in [4.69, 9.17) is 28.8 Å². The van der Waals surface area contributed by atoms with Crippen LogP contribution in [0.4, 0.5) is 0 Å². The molecular formula is C37H64O8S. The summed E-state index contributed by atoms with van der Waals surface area (Å²) in [4.78, 5) is 0.414. The molecule has 0 radical (unpaired) electrons. The second-order valence-electron chi connectivity index (χ2n) is 12.6. The summed E-state index contributed by atoms with van der Waals surface area (Å²) in [7, 11) is -3.12. The van der Waals surface area contributed by atoms with Crippen LogP contribution in [0.2, 0.25) is 0 Å². The van der Waals surface area contributed by atoms with E-state index in [0.717, 1.165) is 51.7 Å². The van der Waals surface area contributed by atoms with Crippen LogP contribution in [0.15, 0.2) is 59.5 Å². The van der Waals surface area contributed by atoms with Gasteiger partial charge in [0.15, 0.2) is 15.6 Å². The maximum Gasteiger partial charge on any atom is 0.178 e. The first-order valence-electron chi connectivity index (χ1n) is 17.2. The third kappa shape index (κ3) is 16.0. The molecule has 4 unspecified atom stereocenters. The Hall–Kier alpha value is -1.59. The number of aliphatic hydroxyl groups excluding tert-OH is 1. The Labute approximate surface area is 280 Å². The second-order valence-corrected chi connectivity index (χ2v) is 14.7. The predicted molar refractivity (Wildman–Crippen MR) is 187 cm³/mol. The monoisotopic (exact) mass is 668 g/mol. The molecule has 4 fully saturated rings. The number of aliphatic hydroxyl groups is 1.